The molecule has 1 amide bonds. The van der Waals surface area contributed by atoms with E-state index in [0.29, 0.717) is 36.9 Å². The molecule has 1 aromatic carbocycles. The molecular weight excluding hydrogens is 292 g/mol. The summed E-state index contributed by atoms with van der Waals surface area (Å²) in [6.07, 6.45) is 2.17. The number of hydrogen-bond acceptors (Lipinski definition) is 4. The van der Waals surface area contributed by atoms with Crippen molar-refractivity contribution in [3.05, 3.63) is 41.2 Å². The maximum atomic E-state index is 12.2. The van der Waals surface area contributed by atoms with Crippen LogP contribution >= 0.6 is 11.6 Å². The fraction of sp³-hybridized carbons (Fsp3) is 0.333. The molecule has 6 heteroatoms. The summed E-state index contributed by atoms with van der Waals surface area (Å²) in [6, 6.07) is 7.40. The Kier molecular flexibility index (Phi) is 5.92. The zero-order valence-electron chi connectivity index (χ0n) is 11.5. The van der Waals surface area contributed by atoms with Gasteiger partial charge in [-0.3, -0.25) is 4.79 Å². The zero-order valence-corrected chi connectivity index (χ0v) is 12.3. The first-order valence-electron chi connectivity index (χ1n) is 6.74. The van der Waals surface area contributed by atoms with E-state index in [9.17, 15) is 4.79 Å². The van der Waals surface area contributed by atoms with Crippen LogP contribution in [0.25, 0.3) is 10.8 Å². The number of amides is 1. The normalized spacial score (nSPS) is 10.8. The van der Waals surface area contributed by atoms with Crippen LogP contribution in [-0.4, -0.2) is 42.4 Å². The van der Waals surface area contributed by atoms with Gasteiger partial charge in [-0.05, 0) is 11.8 Å². The van der Waals surface area contributed by atoms with Gasteiger partial charge in [0.15, 0.2) is 0 Å². The third-order valence-corrected chi connectivity index (χ3v) is 3.28. The van der Waals surface area contributed by atoms with Crippen LogP contribution in [0.1, 0.15) is 16.8 Å². The summed E-state index contributed by atoms with van der Waals surface area (Å²) in [4.78, 5) is 16.2. The smallest absolute Gasteiger partial charge is 0.253 e. The lowest BCUT2D eigenvalue weighted by molar-refractivity contribution is 0.0868. The van der Waals surface area contributed by atoms with E-state index in [1.165, 1.54) is 6.20 Å². The zero-order chi connectivity index (χ0) is 15.1. The lowest BCUT2D eigenvalue weighted by Crippen LogP contribution is -2.25. The molecule has 0 aliphatic rings. The van der Waals surface area contributed by atoms with E-state index in [4.69, 9.17) is 21.4 Å². The predicted octanol–water partition coefficient (Wildman–Crippen LogP) is 2.02. The van der Waals surface area contributed by atoms with Gasteiger partial charge in [-0.2, -0.15) is 0 Å². The monoisotopic (exact) mass is 308 g/mol. The quantitative estimate of drug-likeness (QED) is 0.606. The Morgan fingerprint density at radius 2 is 2.05 bits per heavy atom. The highest BCUT2D eigenvalue weighted by atomic mass is 35.5. The first kappa shape index (κ1) is 15.7. The Morgan fingerprint density at radius 1 is 1.29 bits per heavy atom. The van der Waals surface area contributed by atoms with Crippen molar-refractivity contribution in [2.45, 2.75) is 6.42 Å². The Balaban J connectivity index is 1.98. The number of fused-ring (bicyclic) bond motifs is 1. The van der Waals surface area contributed by atoms with Crippen LogP contribution in [0.4, 0.5) is 0 Å². The molecule has 2 aromatic rings. The van der Waals surface area contributed by atoms with Crippen LogP contribution in [0.2, 0.25) is 5.15 Å². The number of carbonyl (C=O) groups excluding carboxylic acids is 1. The highest BCUT2D eigenvalue weighted by molar-refractivity contribution is 6.34. The van der Waals surface area contributed by atoms with Crippen molar-refractivity contribution >= 4 is 28.3 Å². The lowest BCUT2D eigenvalue weighted by atomic mass is 10.1. The highest BCUT2D eigenvalue weighted by Gasteiger charge is 2.12. The minimum Gasteiger partial charge on any atom is -0.394 e. The lowest BCUT2D eigenvalue weighted by Gasteiger charge is -2.08. The second kappa shape index (κ2) is 7.93. The van der Waals surface area contributed by atoms with Gasteiger partial charge in [-0.25, -0.2) is 4.98 Å². The van der Waals surface area contributed by atoms with Gasteiger partial charge in [0.25, 0.3) is 5.91 Å². The molecule has 0 aliphatic heterocycles. The van der Waals surface area contributed by atoms with E-state index in [2.05, 4.69) is 10.3 Å². The summed E-state index contributed by atoms with van der Waals surface area (Å²) in [7, 11) is 0. The molecule has 2 rings (SSSR count). The molecule has 112 valence electrons. The van der Waals surface area contributed by atoms with Crippen LogP contribution in [-0.2, 0) is 4.74 Å². The summed E-state index contributed by atoms with van der Waals surface area (Å²) in [5.74, 6) is -0.183. The van der Waals surface area contributed by atoms with Gasteiger partial charge in [0.05, 0.1) is 18.8 Å². The maximum absolute atomic E-state index is 12.2. The van der Waals surface area contributed by atoms with Crippen molar-refractivity contribution in [3.63, 3.8) is 0 Å². The summed E-state index contributed by atoms with van der Waals surface area (Å²) in [5, 5.41) is 13.3. The number of aliphatic hydroxyl groups is 1. The average Bonchev–Trinajstić information content (AvgIpc) is 2.51. The molecule has 5 nitrogen and oxygen atoms in total. The van der Waals surface area contributed by atoms with Gasteiger partial charge in [0.1, 0.15) is 5.15 Å². The molecule has 1 aromatic heterocycles. The summed E-state index contributed by atoms with van der Waals surface area (Å²) in [6.45, 7) is 1.33. The first-order chi connectivity index (χ1) is 10.2. The van der Waals surface area contributed by atoms with Crippen LogP contribution in [0.3, 0.4) is 0 Å². The number of nitrogens with zero attached hydrogens (tertiary/aromatic N) is 1. The van der Waals surface area contributed by atoms with Crippen LogP contribution in [0.5, 0.6) is 0 Å². The van der Waals surface area contributed by atoms with E-state index in [-0.39, 0.29) is 12.5 Å². The number of aromatic nitrogens is 1. The van der Waals surface area contributed by atoms with E-state index >= 15 is 0 Å². The van der Waals surface area contributed by atoms with Crippen LogP contribution < -0.4 is 5.32 Å². The van der Waals surface area contributed by atoms with E-state index in [1.54, 1.807) is 0 Å². The van der Waals surface area contributed by atoms with Gasteiger partial charge in [-0.15, -0.1) is 0 Å². The van der Waals surface area contributed by atoms with E-state index in [1.807, 2.05) is 24.3 Å². The van der Waals surface area contributed by atoms with E-state index in [0.717, 1.165) is 10.8 Å². The number of pyridine rings is 1. The number of rotatable bonds is 7. The molecule has 1 heterocycles. The van der Waals surface area contributed by atoms with E-state index < -0.39 is 0 Å². The van der Waals surface area contributed by atoms with Gasteiger partial charge < -0.3 is 15.2 Å². The molecule has 0 saturated carbocycles. The van der Waals surface area contributed by atoms with Gasteiger partial charge >= 0.3 is 0 Å². The molecule has 0 atom stereocenters. The number of nitrogens with one attached hydrogen (secondary N) is 1. The SMILES string of the molecule is O=C(NCCCOCCO)c1cnc(Cl)c2ccccc12. The van der Waals surface area contributed by atoms with Crippen molar-refractivity contribution in [1.82, 2.24) is 10.3 Å². The average molecular weight is 309 g/mol. The minimum atomic E-state index is -0.183. The Hall–Kier alpha value is -1.69. The molecule has 0 bridgehead atoms. The second-order valence-corrected chi connectivity index (χ2v) is 4.81. The fourth-order valence-electron chi connectivity index (χ4n) is 1.98. The minimum absolute atomic E-state index is 0.00872. The summed E-state index contributed by atoms with van der Waals surface area (Å²) < 4.78 is 5.13. The Morgan fingerprint density at radius 3 is 2.81 bits per heavy atom. The summed E-state index contributed by atoms with van der Waals surface area (Å²) in [5.41, 5.74) is 0.506. The van der Waals surface area contributed by atoms with Gasteiger partial charge in [0, 0.05) is 24.7 Å². The number of aliphatic hydroxyl groups excluding tert-OH is 1. The fourth-order valence-corrected chi connectivity index (χ4v) is 2.19. The molecule has 0 radical (unpaired) electrons. The standard InChI is InChI=1S/C15H17ClN2O3/c16-14-12-5-2-1-4-11(12)13(10-18-14)15(20)17-6-3-8-21-9-7-19/h1-2,4-5,10,19H,3,6-9H2,(H,17,20). The van der Waals surface area contributed by atoms with Crippen molar-refractivity contribution in [3.8, 4) is 0 Å². The highest BCUT2D eigenvalue weighted by Crippen LogP contribution is 2.23. The number of benzene rings is 1. The second-order valence-electron chi connectivity index (χ2n) is 4.45. The van der Waals surface area contributed by atoms with Crippen molar-refractivity contribution in [1.29, 1.82) is 0 Å². The number of halogens is 1. The third kappa shape index (κ3) is 4.14. The van der Waals surface area contributed by atoms with Gasteiger partial charge in [0.2, 0.25) is 0 Å². The predicted molar refractivity (Wildman–Crippen MR) is 81.6 cm³/mol. The number of carbonyl (C=O) groups is 1. The molecule has 0 unspecified atom stereocenters. The van der Waals surface area contributed by atoms with Crippen molar-refractivity contribution in [2.75, 3.05) is 26.4 Å². The topological polar surface area (TPSA) is 71.5 Å². The molecule has 0 fully saturated rings. The third-order valence-electron chi connectivity index (χ3n) is 2.98. The van der Waals surface area contributed by atoms with Crippen molar-refractivity contribution in [2.24, 2.45) is 0 Å². The number of ether oxygens (including phenoxy) is 1. The number of hydrogen-bond donors (Lipinski definition) is 2. The molecule has 0 saturated heterocycles. The largest absolute Gasteiger partial charge is 0.394 e. The molecule has 0 aliphatic carbocycles. The summed E-state index contributed by atoms with van der Waals surface area (Å²) >= 11 is 6.03. The van der Waals surface area contributed by atoms with Gasteiger partial charge in [-0.1, -0.05) is 35.9 Å². The molecule has 2 N–H and O–H groups in total. The molecular formula is C15H17ClN2O3. The van der Waals surface area contributed by atoms with Crippen LogP contribution in [0, 0.1) is 0 Å². The first-order valence-corrected chi connectivity index (χ1v) is 7.12. The Labute approximate surface area is 127 Å². The van der Waals surface area contributed by atoms with Crippen LogP contribution in [0.15, 0.2) is 30.5 Å². The molecule has 21 heavy (non-hydrogen) atoms. The Bertz CT molecular complexity index is 619. The van der Waals surface area contributed by atoms with Crippen molar-refractivity contribution < 1.29 is 14.6 Å². The maximum Gasteiger partial charge on any atom is 0.253 e. The molecule has 0 spiro atoms.